The van der Waals surface area contributed by atoms with E-state index in [0.717, 1.165) is 16.5 Å². The van der Waals surface area contributed by atoms with E-state index in [4.69, 9.17) is 10.2 Å². The first-order valence-electron chi connectivity index (χ1n) is 6.97. The molecule has 3 rings (SSSR count). The molecule has 0 saturated heterocycles. The Kier molecular flexibility index (Phi) is 3.50. The predicted molar refractivity (Wildman–Crippen MR) is 84.5 cm³/mol. The molecular weight excluding hydrogens is 280 g/mol. The summed E-state index contributed by atoms with van der Waals surface area (Å²) in [5.41, 5.74) is 6.90. The van der Waals surface area contributed by atoms with E-state index in [1.165, 1.54) is 0 Å². The maximum absolute atomic E-state index is 11.2. The Balaban J connectivity index is 2.13. The minimum Gasteiger partial charge on any atom is -0.438 e. The number of hydrogen-bond acceptors (Lipinski definition) is 4. The van der Waals surface area contributed by atoms with Crippen LogP contribution in [0.25, 0.3) is 22.2 Å². The fourth-order valence-corrected chi connectivity index (χ4v) is 2.20. The van der Waals surface area contributed by atoms with Crippen molar-refractivity contribution in [1.82, 2.24) is 9.97 Å². The molecule has 6 heteroatoms. The first kappa shape index (κ1) is 14.1. The van der Waals surface area contributed by atoms with E-state index >= 15 is 0 Å². The van der Waals surface area contributed by atoms with Crippen LogP contribution in [-0.2, 0) is 0 Å². The van der Waals surface area contributed by atoms with Crippen LogP contribution in [0.15, 0.2) is 40.9 Å². The number of anilines is 1. The molecule has 0 atom stereocenters. The number of nitrogens with two attached hydrogens (primary N) is 1. The molecule has 3 aromatic rings. The van der Waals surface area contributed by atoms with Crippen LogP contribution in [0.3, 0.4) is 0 Å². The van der Waals surface area contributed by atoms with Crippen LogP contribution in [0.2, 0.25) is 0 Å². The van der Waals surface area contributed by atoms with Crippen molar-refractivity contribution in [3.8, 4) is 11.3 Å². The summed E-state index contributed by atoms with van der Waals surface area (Å²) in [6, 6.07) is 8.88. The third-order valence-electron chi connectivity index (χ3n) is 3.24. The Morgan fingerprint density at radius 2 is 2.14 bits per heavy atom. The lowest BCUT2D eigenvalue weighted by Crippen LogP contribution is -2.19. The van der Waals surface area contributed by atoms with Crippen LogP contribution >= 0.6 is 0 Å². The summed E-state index contributed by atoms with van der Waals surface area (Å²) in [4.78, 5) is 19.8. The number of rotatable bonds is 3. The first-order valence-corrected chi connectivity index (χ1v) is 6.97. The van der Waals surface area contributed by atoms with Gasteiger partial charge >= 0.3 is 6.03 Å². The number of amides is 2. The SMILES string of the molecule is CC(C)c1nc(NC(N)=O)c(-c2ccc3ncccc3c2)o1. The van der Waals surface area contributed by atoms with Gasteiger partial charge in [0.15, 0.2) is 17.5 Å². The van der Waals surface area contributed by atoms with Crippen molar-refractivity contribution in [2.45, 2.75) is 19.8 Å². The van der Waals surface area contributed by atoms with E-state index < -0.39 is 6.03 Å². The van der Waals surface area contributed by atoms with Gasteiger partial charge in [-0.15, -0.1) is 0 Å². The number of hydrogen-bond donors (Lipinski definition) is 2. The zero-order valence-corrected chi connectivity index (χ0v) is 12.3. The normalized spacial score (nSPS) is 11.0. The second-order valence-corrected chi connectivity index (χ2v) is 5.28. The Morgan fingerprint density at radius 3 is 2.86 bits per heavy atom. The quantitative estimate of drug-likeness (QED) is 0.773. The van der Waals surface area contributed by atoms with Crippen LogP contribution in [0.1, 0.15) is 25.7 Å². The Bertz CT molecular complexity index is 839. The molecule has 1 aromatic carbocycles. The number of carbonyl (C=O) groups excluding carboxylic acids is 1. The number of nitrogens with one attached hydrogen (secondary N) is 1. The summed E-state index contributed by atoms with van der Waals surface area (Å²) in [6.07, 6.45) is 1.74. The van der Waals surface area contributed by atoms with Crippen molar-refractivity contribution in [3.05, 3.63) is 42.4 Å². The van der Waals surface area contributed by atoms with E-state index in [9.17, 15) is 4.79 Å². The third kappa shape index (κ3) is 2.63. The van der Waals surface area contributed by atoms with E-state index in [2.05, 4.69) is 15.3 Å². The van der Waals surface area contributed by atoms with Crippen LogP contribution in [-0.4, -0.2) is 16.0 Å². The van der Waals surface area contributed by atoms with Crippen LogP contribution in [0.4, 0.5) is 10.6 Å². The zero-order chi connectivity index (χ0) is 15.7. The molecule has 0 aliphatic rings. The molecule has 0 fully saturated rings. The third-order valence-corrected chi connectivity index (χ3v) is 3.24. The van der Waals surface area contributed by atoms with Crippen LogP contribution in [0, 0.1) is 0 Å². The molecule has 0 aliphatic heterocycles. The summed E-state index contributed by atoms with van der Waals surface area (Å²) in [5, 5.41) is 3.49. The second-order valence-electron chi connectivity index (χ2n) is 5.28. The smallest absolute Gasteiger partial charge is 0.317 e. The van der Waals surface area contributed by atoms with Gasteiger partial charge in [0.1, 0.15) is 0 Å². The molecular formula is C16H16N4O2. The summed E-state index contributed by atoms with van der Waals surface area (Å²) < 4.78 is 5.81. The number of pyridine rings is 1. The van der Waals surface area contributed by atoms with E-state index in [1.54, 1.807) is 6.20 Å². The fourth-order valence-electron chi connectivity index (χ4n) is 2.20. The summed E-state index contributed by atoms with van der Waals surface area (Å²) >= 11 is 0. The molecule has 0 radical (unpaired) electrons. The molecule has 2 heterocycles. The molecule has 6 nitrogen and oxygen atoms in total. The number of aromatic nitrogens is 2. The number of carbonyl (C=O) groups is 1. The number of benzene rings is 1. The zero-order valence-electron chi connectivity index (χ0n) is 12.3. The summed E-state index contributed by atoms with van der Waals surface area (Å²) in [5.74, 6) is 1.47. The molecule has 3 N–H and O–H groups in total. The first-order chi connectivity index (χ1) is 10.5. The monoisotopic (exact) mass is 296 g/mol. The summed E-state index contributed by atoms with van der Waals surface area (Å²) in [7, 11) is 0. The number of fused-ring (bicyclic) bond motifs is 1. The number of nitrogens with zero attached hydrogens (tertiary/aromatic N) is 2. The standard InChI is InChI=1S/C16H16N4O2/c1-9(2)15-19-14(20-16(17)21)13(22-15)11-5-6-12-10(8-11)4-3-7-18-12/h3-9H,1-2H3,(H3,17,20,21). The number of primary amides is 1. The highest BCUT2D eigenvalue weighted by atomic mass is 16.4. The Labute approximate surface area is 127 Å². The van der Waals surface area contributed by atoms with Gasteiger partial charge in [0.2, 0.25) is 0 Å². The van der Waals surface area contributed by atoms with E-state index in [1.807, 2.05) is 44.2 Å². The minimum atomic E-state index is -0.674. The highest BCUT2D eigenvalue weighted by Crippen LogP contribution is 2.32. The van der Waals surface area contributed by atoms with Crippen molar-refractivity contribution in [2.75, 3.05) is 5.32 Å². The van der Waals surface area contributed by atoms with Gasteiger partial charge in [-0.05, 0) is 24.3 Å². The molecule has 0 aliphatic carbocycles. The Morgan fingerprint density at radius 1 is 1.32 bits per heavy atom. The molecule has 2 aromatic heterocycles. The maximum Gasteiger partial charge on any atom is 0.317 e. The van der Waals surface area contributed by atoms with Crippen molar-refractivity contribution in [3.63, 3.8) is 0 Å². The highest BCUT2D eigenvalue weighted by Gasteiger charge is 2.18. The van der Waals surface area contributed by atoms with Crippen LogP contribution in [0.5, 0.6) is 0 Å². The van der Waals surface area contributed by atoms with Gasteiger partial charge in [-0.3, -0.25) is 10.3 Å². The van der Waals surface area contributed by atoms with Gasteiger partial charge < -0.3 is 10.2 Å². The van der Waals surface area contributed by atoms with Crippen molar-refractivity contribution >= 4 is 22.8 Å². The maximum atomic E-state index is 11.2. The average Bonchev–Trinajstić information content (AvgIpc) is 2.90. The van der Waals surface area contributed by atoms with Crippen molar-refractivity contribution in [2.24, 2.45) is 5.73 Å². The Hall–Kier alpha value is -2.89. The molecule has 22 heavy (non-hydrogen) atoms. The van der Waals surface area contributed by atoms with Gasteiger partial charge in [0, 0.05) is 23.1 Å². The minimum absolute atomic E-state index is 0.101. The number of urea groups is 1. The highest BCUT2D eigenvalue weighted by molar-refractivity contribution is 5.92. The molecule has 0 spiro atoms. The van der Waals surface area contributed by atoms with Gasteiger partial charge in [-0.1, -0.05) is 19.9 Å². The lowest BCUT2D eigenvalue weighted by atomic mass is 10.1. The predicted octanol–water partition coefficient (Wildman–Crippen LogP) is 3.50. The van der Waals surface area contributed by atoms with Crippen LogP contribution < -0.4 is 11.1 Å². The molecule has 0 saturated carbocycles. The van der Waals surface area contributed by atoms with Crippen molar-refractivity contribution < 1.29 is 9.21 Å². The fraction of sp³-hybridized carbons (Fsp3) is 0.188. The molecule has 0 bridgehead atoms. The largest absolute Gasteiger partial charge is 0.438 e. The molecule has 2 amide bonds. The average molecular weight is 296 g/mol. The van der Waals surface area contributed by atoms with Gasteiger partial charge in [0.25, 0.3) is 0 Å². The van der Waals surface area contributed by atoms with Crippen molar-refractivity contribution in [1.29, 1.82) is 0 Å². The van der Waals surface area contributed by atoms with E-state index in [0.29, 0.717) is 17.5 Å². The van der Waals surface area contributed by atoms with Gasteiger partial charge in [-0.25, -0.2) is 4.79 Å². The molecule has 0 unspecified atom stereocenters. The number of oxazole rings is 1. The van der Waals surface area contributed by atoms with E-state index in [-0.39, 0.29) is 5.92 Å². The topological polar surface area (TPSA) is 94.0 Å². The lowest BCUT2D eigenvalue weighted by Gasteiger charge is -2.03. The molecule has 112 valence electrons. The van der Waals surface area contributed by atoms with Gasteiger partial charge in [0.05, 0.1) is 5.52 Å². The second kappa shape index (κ2) is 5.48. The lowest BCUT2D eigenvalue weighted by molar-refractivity contribution is 0.259. The van der Waals surface area contributed by atoms with Gasteiger partial charge in [-0.2, -0.15) is 4.98 Å². The summed E-state index contributed by atoms with van der Waals surface area (Å²) in [6.45, 7) is 3.93.